The van der Waals surface area contributed by atoms with Crippen LogP contribution in [-0.2, 0) is 0 Å². The van der Waals surface area contributed by atoms with Crippen molar-refractivity contribution in [2.75, 3.05) is 26.7 Å². The average Bonchev–Trinajstić information content (AvgIpc) is 3.51. The molecule has 1 fully saturated rings. The maximum atomic E-state index is 5.55. The fourth-order valence-electron chi connectivity index (χ4n) is 5.11. The lowest BCUT2D eigenvalue weighted by Crippen LogP contribution is -2.35. The van der Waals surface area contributed by atoms with Crippen LogP contribution in [-0.4, -0.2) is 66.4 Å². The van der Waals surface area contributed by atoms with Crippen LogP contribution in [0.15, 0.2) is 31.0 Å². The van der Waals surface area contributed by atoms with E-state index in [-0.39, 0.29) is 5.92 Å². The Morgan fingerprint density at radius 2 is 1.89 bits per heavy atom. The van der Waals surface area contributed by atoms with E-state index >= 15 is 0 Å². The number of hydrogen-bond acceptors (Lipinski definition) is 7. The van der Waals surface area contributed by atoms with E-state index in [0.717, 1.165) is 59.8 Å². The summed E-state index contributed by atoms with van der Waals surface area (Å²) in [5.74, 6) is 2.07. The summed E-state index contributed by atoms with van der Waals surface area (Å²) < 4.78 is 7.27. The van der Waals surface area contributed by atoms with Crippen molar-refractivity contribution in [3.8, 4) is 28.4 Å². The number of ether oxygens (including phenoxy) is 1. The first kappa shape index (κ1) is 23.4. The number of aromatic nitrogens is 7. The molecular formula is C26H34N8O. The van der Waals surface area contributed by atoms with Gasteiger partial charge in [0, 0.05) is 36.0 Å². The van der Waals surface area contributed by atoms with Crippen LogP contribution in [0.3, 0.4) is 0 Å². The van der Waals surface area contributed by atoms with Gasteiger partial charge in [-0.3, -0.25) is 15.1 Å². The van der Waals surface area contributed by atoms with Crippen molar-refractivity contribution in [3.05, 3.63) is 42.2 Å². The van der Waals surface area contributed by atoms with Gasteiger partial charge in [0.05, 0.1) is 24.7 Å². The Morgan fingerprint density at radius 3 is 2.54 bits per heavy atom. The highest BCUT2D eigenvalue weighted by Gasteiger charge is 2.24. The summed E-state index contributed by atoms with van der Waals surface area (Å²) >= 11 is 0. The second-order valence-corrected chi connectivity index (χ2v) is 10.1. The molecule has 9 heteroatoms. The second kappa shape index (κ2) is 9.73. The Hall–Kier alpha value is -3.33. The molecule has 5 rings (SSSR count). The van der Waals surface area contributed by atoms with Gasteiger partial charge in [0.25, 0.3) is 0 Å². The van der Waals surface area contributed by atoms with Crippen molar-refractivity contribution >= 4 is 5.65 Å². The molecule has 0 aliphatic carbocycles. The van der Waals surface area contributed by atoms with Gasteiger partial charge in [-0.05, 0) is 43.8 Å². The Morgan fingerprint density at radius 1 is 1.09 bits per heavy atom. The maximum Gasteiger partial charge on any atom is 0.197 e. The molecular weight excluding hydrogens is 440 g/mol. The molecule has 0 amide bonds. The third-order valence-electron chi connectivity index (χ3n) is 6.77. The molecule has 5 heterocycles. The number of likely N-dealkylation sites (tertiary alicyclic amines) is 1. The summed E-state index contributed by atoms with van der Waals surface area (Å²) in [6, 6.07) is 1.97. The molecule has 4 aromatic heterocycles. The minimum atomic E-state index is 0.225. The first-order valence-corrected chi connectivity index (χ1v) is 12.4. The maximum absolute atomic E-state index is 5.55. The van der Waals surface area contributed by atoms with Crippen molar-refractivity contribution in [1.82, 2.24) is 39.7 Å². The number of hydrogen-bond donors (Lipinski definition) is 1. The highest BCUT2D eigenvalue weighted by Crippen LogP contribution is 2.36. The van der Waals surface area contributed by atoms with Gasteiger partial charge < -0.3 is 9.64 Å². The van der Waals surface area contributed by atoms with Gasteiger partial charge >= 0.3 is 0 Å². The van der Waals surface area contributed by atoms with E-state index < -0.39 is 0 Å². The molecule has 0 radical (unpaired) electrons. The van der Waals surface area contributed by atoms with Gasteiger partial charge in [0.2, 0.25) is 0 Å². The Kier molecular flexibility index (Phi) is 6.51. The van der Waals surface area contributed by atoms with Crippen molar-refractivity contribution in [2.24, 2.45) is 5.92 Å². The monoisotopic (exact) mass is 474 g/mol. The number of rotatable bonds is 7. The summed E-state index contributed by atoms with van der Waals surface area (Å²) in [7, 11) is 1.64. The van der Waals surface area contributed by atoms with E-state index in [1.807, 2.05) is 24.7 Å². The Balaban J connectivity index is 1.41. The van der Waals surface area contributed by atoms with E-state index in [2.05, 4.69) is 52.9 Å². The lowest BCUT2D eigenvalue weighted by molar-refractivity contribution is 0.191. The van der Waals surface area contributed by atoms with Crippen molar-refractivity contribution in [3.63, 3.8) is 0 Å². The minimum absolute atomic E-state index is 0.225. The smallest absolute Gasteiger partial charge is 0.197 e. The number of aromatic amines is 1. The highest BCUT2D eigenvalue weighted by molar-refractivity contribution is 5.75. The summed E-state index contributed by atoms with van der Waals surface area (Å²) in [5, 5.41) is 12.2. The molecule has 1 aliphatic rings. The Bertz CT molecular complexity index is 1280. The predicted molar refractivity (Wildman–Crippen MR) is 135 cm³/mol. The Labute approximate surface area is 206 Å². The van der Waals surface area contributed by atoms with Crippen LogP contribution in [0, 0.1) is 5.92 Å². The van der Waals surface area contributed by atoms with E-state index in [1.165, 1.54) is 12.9 Å². The van der Waals surface area contributed by atoms with Crippen LogP contribution in [0.25, 0.3) is 28.3 Å². The standard InChI is InChI=1S/C26H34N8O/c1-16(2)13-33-8-6-18(7-9-33)20-11-28-21(12-27-20)25-23(17(3)4)24(31-32-25)19-10-22(35-5)26-29-15-30-34(26)14-19/h10-12,14-18H,6-9,13H2,1-5H3,(H,31,32). The summed E-state index contributed by atoms with van der Waals surface area (Å²) in [6.07, 6.45) is 9.56. The van der Waals surface area contributed by atoms with E-state index in [0.29, 0.717) is 23.2 Å². The van der Waals surface area contributed by atoms with Gasteiger partial charge in [-0.2, -0.15) is 10.2 Å². The van der Waals surface area contributed by atoms with Crippen LogP contribution in [0.4, 0.5) is 0 Å². The number of fused-ring (bicyclic) bond motifs is 1. The van der Waals surface area contributed by atoms with E-state index in [9.17, 15) is 0 Å². The van der Waals surface area contributed by atoms with Crippen LogP contribution in [0.1, 0.15) is 63.6 Å². The molecule has 0 bridgehead atoms. The number of pyridine rings is 1. The number of piperidine rings is 1. The topological polar surface area (TPSA) is 97.1 Å². The molecule has 4 aromatic rings. The van der Waals surface area contributed by atoms with Crippen molar-refractivity contribution < 1.29 is 4.74 Å². The largest absolute Gasteiger partial charge is 0.493 e. The summed E-state index contributed by atoms with van der Waals surface area (Å²) in [5.41, 5.74) is 6.33. The first-order chi connectivity index (χ1) is 16.9. The van der Waals surface area contributed by atoms with Gasteiger partial charge in [-0.15, -0.1) is 0 Å². The SMILES string of the molecule is COc1cc(-c2[nH]nc(-c3cnc(C4CCN(CC(C)C)CC4)cn3)c2C(C)C)cn2ncnc12. The molecule has 0 unspecified atom stereocenters. The van der Waals surface area contributed by atoms with Crippen LogP contribution >= 0.6 is 0 Å². The third-order valence-corrected chi connectivity index (χ3v) is 6.77. The molecule has 0 aromatic carbocycles. The normalized spacial score (nSPS) is 15.5. The van der Waals surface area contributed by atoms with Crippen molar-refractivity contribution in [2.45, 2.75) is 52.4 Å². The molecule has 1 saturated heterocycles. The fourth-order valence-corrected chi connectivity index (χ4v) is 5.11. The van der Waals surface area contributed by atoms with Crippen LogP contribution in [0.5, 0.6) is 5.75 Å². The van der Waals surface area contributed by atoms with Crippen LogP contribution in [0.2, 0.25) is 0 Å². The van der Waals surface area contributed by atoms with Gasteiger partial charge in [-0.1, -0.05) is 27.7 Å². The number of methoxy groups -OCH3 is 1. The molecule has 1 aliphatic heterocycles. The third kappa shape index (κ3) is 4.65. The zero-order valence-electron chi connectivity index (χ0n) is 21.2. The van der Waals surface area contributed by atoms with Crippen LogP contribution < -0.4 is 4.74 Å². The first-order valence-electron chi connectivity index (χ1n) is 12.4. The van der Waals surface area contributed by atoms with Gasteiger partial charge in [-0.25, -0.2) is 9.50 Å². The number of nitrogens with zero attached hydrogens (tertiary/aromatic N) is 7. The average molecular weight is 475 g/mol. The summed E-state index contributed by atoms with van der Waals surface area (Å²) in [4.78, 5) is 16.5. The van der Waals surface area contributed by atoms with Gasteiger partial charge in [0.1, 0.15) is 17.7 Å². The highest BCUT2D eigenvalue weighted by atomic mass is 16.5. The molecule has 0 saturated carbocycles. The predicted octanol–water partition coefficient (Wildman–Crippen LogP) is 4.54. The molecule has 35 heavy (non-hydrogen) atoms. The molecule has 184 valence electrons. The molecule has 9 nitrogen and oxygen atoms in total. The lowest BCUT2D eigenvalue weighted by atomic mass is 9.93. The second-order valence-electron chi connectivity index (χ2n) is 10.1. The fraction of sp³-hybridized carbons (Fsp3) is 0.500. The van der Waals surface area contributed by atoms with Crippen molar-refractivity contribution in [1.29, 1.82) is 0 Å². The van der Waals surface area contributed by atoms with E-state index in [1.54, 1.807) is 11.6 Å². The number of nitrogens with one attached hydrogen (secondary N) is 1. The number of H-pyrrole nitrogens is 1. The molecule has 1 N–H and O–H groups in total. The lowest BCUT2D eigenvalue weighted by Gasteiger charge is -2.32. The zero-order valence-corrected chi connectivity index (χ0v) is 21.2. The van der Waals surface area contributed by atoms with E-state index in [4.69, 9.17) is 14.7 Å². The van der Waals surface area contributed by atoms with Gasteiger partial charge in [0.15, 0.2) is 11.4 Å². The zero-order chi connectivity index (χ0) is 24.5. The molecule has 0 atom stereocenters. The minimum Gasteiger partial charge on any atom is -0.493 e. The quantitative estimate of drug-likeness (QED) is 0.420. The summed E-state index contributed by atoms with van der Waals surface area (Å²) in [6.45, 7) is 12.3. The molecule has 0 spiro atoms.